The van der Waals surface area contributed by atoms with Crippen LogP contribution in [-0.4, -0.2) is 54.0 Å². The van der Waals surface area contributed by atoms with E-state index in [-0.39, 0.29) is 5.91 Å². The number of likely N-dealkylation sites (N-methyl/N-ethyl adjacent to an activating group) is 1. The largest absolute Gasteiger partial charge is 0.369 e. The van der Waals surface area contributed by atoms with Crippen LogP contribution in [0.3, 0.4) is 0 Å². The first-order valence-corrected chi connectivity index (χ1v) is 8.16. The summed E-state index contributed by atoms with van der Waals surface area (Å²) in [5.74, 6) is 1.65. The van der Waals surface area contributed by atoms with Crippen molar-refractivity contribution in [2.24, 2.45) is 0 Å². The molecule has 2 heterocycles. The number of likely N-dealkylation sites (tertiary alicyclic amines) is 1. The van der Waals surface area contributed by atoms with E-state index in [4.69, 9.17) is 0 Å². The molecule has 0 aromatic carbocycles. The Morgan fingerprint density at radius 3 is 2.81 bits per heavy atom. The van der Waals surface area contributed by atoms with Crippen LogP contribution in [0, 0.1) is 0 Å². The van der Waals surface area contributed by atoms with Gasteiger partial charge in [-0.15, -0.1) is 0 Å². The van der Waals surface area contributed by atoms with Gasteiger partial charge in [-0.25, -0.2) is 9.97 Å². The van der Waals surface area contributed by atoms with Crippen LogP contribution in [0.15, 0.2) is 10.8 Å². The summed E-state index contributed by atoms with van der Waals surface area (Å²) in [6.07, 6.45) is 4.76. The molecule has 1 aliphatic heterocycles. The van der Waals surface area contributed by atoms with E-state index in [2.05, 4.69) is 38.1 Å². The Morgan fingerprint density at radius 1 is 1.43 bits per heavy atom. The summed E-state index contributed by atoms with van der Waals surface area (Å²) in [5.41, 5.74) is 0. The molecule has 0 bridgehead atoms. The lowest BCUT2D eigenvalue weighted by Gasteiger charge is -2.23. The van der Waals surface area contributed by atoms with Crippen LogP contribution in [0.1, 0.15) is 26.2 Å². The van der Waals surface area contributed by atoms with Gasteiger partial charge in [0, 0.05) is 26.7 Å². The Hall–Kier alpha value is -1.37. The maximum Gasteiger partial charge on any atom is 0.242 e. The molecule has 6 nitrogen and oxygen atoms in total. The molecule has 0 radical (unpaired) electrons. The topological polar surface area (TPSA) is 61.4 Å². The molecule has 0 spiro atoms. The maximum absolute atomic E-state index is 12.2. The standard InChI is InChI=1S/C14H22BrN5O/c1-3-6-16-13-12(15)14(18-10-17-13)19(2)9-11(21)20-7-4-5-8-20/h10H,3-9H2,1-2H3,(H,16,17,18). The van der Waals surface area contributed by atoms with E-state index in [1.165, 1.54) is 6.33 Å². The van der Waals surface area contributed by atoms with Gasteiger partial charge < -0.3 is 15.1 Å². The quantitative estimate of drug-likeness (QED) is 0.846. The Morgan fingerprint density at radius 2 is 2.14 bits per heavy atom. The minimum Gasteiger partial charge on any atom is -0.369 e. The second-order valence-corrected chi connectivity index (χ2v) is 6.02. The van der Waals surface area contributed by atoms with Gasteiger partial charge in [-0.1, -0.05) is 6.92 Å². The molecule has 1 aromatic heterocycles. The molecule has 1 aliphatic rings. The number of amides is 1. The molecule has 2 rings (SSSR count). The second-order valence-electron chi connectivity index (χ2n) is 5.23. The molecule has 116 valence electrons. The predicted molar refractivity (Wildman–Crippen MR) is 87.6 cm³/mol. The molecule has 0 aliphatic carbocycles. The molecule has 1 N–H and O–H groups in total. The zero-order valence-corrected chi connectivity index (χ0v) is 14.2. The number of nitrogens with zero attached hydrogens (tertiary/aromatic N) is 4. The second kappa shape index (κ2) is 7.59. The van der Waals surface area contributed by atoms with Crippen molar-refractivity contribution in [2.75, 3.05) is 43.4 Å². The molecule has 0 atom stereocenters. The van der Waals surface area contributed by atoms with E-state index in [9.17, 15) is 4.79 Å². The highest BCUT2D eigenvalue weighted by molar-refractivity contribution is 9.10. The zero-order valence-electron chi connectivity index (χ0n) is 12.6. The molecule has 0 unspecified atom stereocenters. The summed E-state index contributed by atoms with van der Waals surface area (Å²) in [7, 11) is 1.88. The fourth-order valence-corrected chi connectivity index (χ4v) is 2.99. The van der Waals surface area contributed by atoms with Crippen molar-refractivity contribution >= 4 is 33.5 Å². The normalized spacial score (nSPS) is 14.3. The Bertz CT molecular complexity index is 490. The third-order valence-electron chi connectivity index (χ3n) is 3.51. The highest BCUT2D eigenvalue weighted by atomic mass is 79.9. The van der Waals surface area contributed by atoms with Crippen LogP contribution in [0.4, 0.5) is 11.6 Å². The van der Waals surface area contributed by atoms with Gasteiger partial charge in [0.05, 0.1) is 6.54 Å². The van der Waals surface area contributed by atoms with E-state index in [1.807, 2.05) is 16.8 Å². The van der Waals surface area contributed by atoms with E-state index < -0.39 is 0 Å². The minimum atomic E-state index is 0.156. The van der Waals surface area contributed by atoms with Crippen molar-refractivity contribution in [1.29, 1.82) is 0 Å². The van der Waals surface area contributed by atoms with Crippen molar-refractivity contribution in [3.05, 3.63) is 10.8 Å². The first kappa shape index (κ1) is 16.0. The van der Waals surface area contributed by atoms with Crippen LogP contribution in [0.25, 0.3) is 0 Å². The zero-order chi connectivity index (χ0) is 15.2. The van der Waals surface area contributed by atoms with Crippen molar-refractivity contribution in [2.45, 2.75) is 26.2 Å². The molecule has 0 saturated carbocycles. The number of halogens is 1. The summed E-state index contributed by atoms with van der Waals surface area (Å²) in [4.78, 5) is 24.5. The number of rotatable bonds is 6. The van der Waals surface area contributed by atoms with Crippen LogP contribution in [-0.2, 0) is 4.79 Å². The van der Waals surface area contributed by atoms with Crippen molar-refractivity contribution in [3.63, 3.8) is 0 Å². The molecular formula is C14H22BrN5O. The van der Waals surface area contributed by atoms with E-state index in [0.717, 1.165) is 55.0 Å². The van der Waals surface area contributed by atoms with Gasteiger partial charge in [0.25, 0.3) is 0 Å². The number of hydrogen-bond acceptors (Lipinski definition) is 5. The molecule has 1 fully saturated rings. The first-order chi connectivity index (χ1) is 10.1. The van der Waals surface area contributed by atoms with Gasteiger partial charge in [0.15, 0.2) is 0 Å². The van der Waals surface area contributed by atoms with Crippen LogP contribution >= 0.6 is 15.9 Å². The van der Waals surface area contributed by atoms with Gasteiger partial charge in [-0.2, -0.15) is 0 Å². The number of anilines is 2. The van der Waals surface area contributed by atoms with E-state index in [0.29, 0.717) is 6.54 Å². The van der Waals surface area contributed by atoms with Crippen molar-refractivity contribution < 1.29 is 4.79 Å². The summed E-state index contributed by atoms with van der Waals surface area (Å²) < 4.78 is 0.801. The lowest BCUT2D eigenvalue weighted by atomic mass is 10.4. The molecule has 1 amide bonds. The molecule has 21 heavy (non-hydrogen) atoms. The SMILES string of the molecule is CCCNc1ncnc(N(C)CC(=O)N2CCCC2)c1Br. The van der Waals surface area contributed by atoms with Crippen LogP contribution in [0.5, 0.6) is 0 Å². The fourth-order valence-electron chi connectivity index (χ4n) is 2.34. The van der Waals surface area contributed by atoms with E-state index in [1.54, 1.807) is 0 Å². The third-order valence-corrected chi connectivity index (χ3v) is 4.24. The highest BCUT2D eigenvalue weighted by Gasteiger charge is 2.21. The summed E-state index contributed by atoms with van der Waals surface area (Å²) >= 11 is 3.53. The van der Waals surface area contributed by atoms with E-state index >= 15 is 0 Å². The average Bonchev–Trinajstić information content (AvgIpc) is 3.00. The monoisotopic (exact) mass is 355 g/mol. The summed E-state index contributed by atoms with van der Waals surface area (Å²) in [6, 6.07) is 0. The van der Waals surface area contributed by atoms with Crippen molar-refractivity contribution in [3.8, 4) is 0 Å². The van der Waals surface area contributed by atoms with Crippen LogP contribution < -0.4 is 10.2 Å². The number of carbonyl (C=O) groups excluding carboxylic acids is 1. The minimum absolute atomic E-state index is 0.156. The van der Waals surface area contributed by atoms with Crippen molar-refractivity contribution in [1.82, 2.24) is 14.9 Å². The average molecular weight is 356 g/mol. The van der Waals surface area contributed by atoms with Gasteiger partial charge in [-0.3, -0.25) is 4.79 Å². The predicted octanol–water partition coefficient (Wildman–Crippen LogP) is 2.12. The Kier molecular flexibility index (Phi) is 5.78. The summed E-state index contributed by atoms with van der Waals surface area (Å²) in [5, 5.41) is 3.25. The number of carbonyl (C=O) groups is 1. The number of aromatic nitrogens is 2. The molecular weight excluding hydrogens is 334 g/mol. The fraction of sp³-hybridized carbons (Fsp3) is 0.643. The van der Waals surface area contributed by atoms with Gasteiger partial charge in [-0.05, 0) is 35.2 Å². The molecule has 7 heteroatoms. The lowest BCUT2D eigenvalue weighted by Crippen LogP contribution is -2.37. The van der Waals surface area contributed by atoms with Gasteiger partial charge in [0.1, 0.15) is 22.4 Å². The summed E-state index contributed by atoms with van der Waals surface area (Å²) in [6.45, 7) is 5.04. The smallest absolute Gasteiger partial charge is 0.242 e. The Labute approximate surface area is 134 Å². The lowest BCUT2D eigenvalue weighted by molar-refractivity contribution is -0.128. The first-order valence-electron chi connectivity index (χ1n) is 7.36. The van der Waals surface area contributed by atoms with Crippen LogP contribution in [0.2, 0.25) is 0 Å². The number of hydrogen-bond donors (Lipinski definition) is 1. The maximum atomic E-state index is 12.2. The highest BCUT2D eigenvalue weighted by Crippen LogP contribution is 2.28. The number of nitrogens with one attached hydrogen (secondary N) is 1. The Balaban J connectivity index is 2.04. The van der Waals surface area contributed by atoms with Gasteiger partial charge >= 0.3 is 0 Å². The molecule has 1 aromatic rings. The van der Waals surface area contributed by atoms with Gasteiger partial charge in [0.2, 0.25) is 5.91 Å². The molecule has 1 saturated heterocycles. The third kappa shape index (κ3) is 4.06.